The number of halogens is 1. The van der Waals surface area contributed by atoms with Crippen LogP contribution in [0.3, 0.4) is 0 Å². The molecule has 0 bridgehead atoms. The second kappa shape index (κ2) is 26.1. The number of nitrogens with zero attached hydrogens (tertiary/aromatic N) is 5. The number of hydrogen-bond acceptors (Lipinski definition) is 11. The zero-order valence-electron chi connectivity index (χ0n) is 42.3. The first-order chi connectivity index (χ1) is 33.7. The van der Waals surface area contributed by atoms with Crippen LogP contribution >= 0.6 is 11.6 Å². The second-order valence-electron chi connectivity index (χ2n) is 19.7. The zero-order valence-corrected chi connectivity index (χ0v) is 43.1. The number of benzene rings is 3. The summed E-state index contributed by atoms with van der Waals surface area (Å²) in [6.45, 7) is 17.8. The number of fused-ring (bicyclic) bond motifs is 1. The lowest BCUT2D eigenvalue weighted by Gasteiger charge is -2.37. The average Bonchev–Trinajstić information content (AvgIpc) is 3.72. The van der Waals surface area contributed by atoms with E-state index in [9.17, 15) is 9.90 Å². The molecule has 1 saturated heterocycles. The molecule has 1 aliphatic carbocycles. The maximum atomic E-state index is 11.3. The minimum absolute atomic E-state index is 0.0438. The predicted octanol–water partition coefficient (Wildman–Crippen LogP) is 10.2. The summed E-state index contributed by atoms with van der Waals surface area (Å²) < 4.78 is 2.11. The molecule has 1 aromatic heterocycles. The summed E-state index contributed by atoms with van der Waals surface area (Å²) in [4.78, 5) is 22.2. The van der Waals surface area contributed by atoms with Crippen molar-refractivity contribution < 1.29 is 9.90 Å². The van der Waals surface area contributed by atoms with Gasteiger partial charge in [0.25, 0.3) is 0 Å². The number of nitrogens with one attached hydrogen (secondary N) is 5. The molecule has 376 valence electrons. The summed E-state index contributed by atoms with van der Waals surface area (Å²) in [6.07, 6.45) is 22.5. The van der Waals surface area contributed by atoms with Crippen LogP contribution in [0.5, 0.6) is 0 Å². The van der Waals surface area contributed by atoms with Gasteiger partial charge in [0.15, 0.2) is 0 Å². The molecular weight excluding hydrogens is 894 g/mol. The number of hydrogen-bond donors (Lipinski definition) is 7. The molecule has 1 unspecified atom stereocenters. The van der Waals surface area contributed by atoms with Gasteiger partial charge in [-0.25, -0.2) is 10.8 Å². The number of aromatic nitrogens is 1. The molecule has 8 N–H and O–H groups in total. The average molecular weight is 973 g/mol. The Morgan fingerprint density at radius 2 is 1.73 bits per heavy atom. The van der Waals surface area contributed by atoms with E-state index < -0.39 is 5.60 Å². The number of piperidine rings is 1. The van der Waals surface area contributed by atoms with Crippen molar-refractivity contribution in [1.82, 2.24) is 35.7 Å². The van der Waals surface area contributed by atoms with Crippen LogP contribution in [0.2, 0.25) is 5.02 Å². The number of anilines is 2. The number of nitrogens with two attached hydrogens (primary N) is 1. The predicted molar refractivity (Wildman–Crippen MR) is 295 cm³/mol. The number of aliphatic hydroxyl groups is 1. The van der Waals surface area contributed by atoms with E-state index in [1.165, 1.54) is 44.0 Å². The maximum absolute atomic E-state index is 11.3. The maximum Gasteiger partial charge on any atom is 0.212 e. The van der Waals surface area contributed by atoms with E-state index in [0.717, 1.165) is 139 Å². The van der Waals surface area contributed by atoms with Crippen molar-refractivity contribution in [3.05, 3.63) is 119 Å². The molecule has 3 aromatic carbocycles. The standard InChI is InChI=1S/C56H78ClN11O2/c1-41-15-17-46(65-52-36-49(57)48(35-51(52)59-4)44-16-18-53-45(33-44)22-30-67(53)6)34-47(41)42(2)63-29-14-12-10-8-9-11-13-28-60-38-61-37-55(3)23-19-43(20-24-55)54(68(7)58)50(64-39-62-40-69)21-25-56(70)26-31-66(5)32-27-56/h15-20,22-23,30,33-36,39-40,60-61,63,65,70H,2,4,8-14,21,24-29,31-32,37-38,58H2,1,3,5-7H3,(H,62,64,69)/b54-50+. The highest BCUT2D eigenvalue weighted by molar-refractivity contribution is 6.34. The third-order valence-electron chi connectivity index (χ3n) is 13.9. The Balaban J connectivity index is 0.842. The number of allylic oxidation sites excluding steroid dienone is 3. The number of aliphatic imine (C=N–C) groups is 2. The van der Waals surface area contributed by atoms with Crippen LogP contribution in [0.4, 0.5) is 17.1 Å². The quantitative estimate of drug-likeness (QED) is 0.00559. The zero-order chi connectivity index (χ0) is 50.1. The van der Waals surface area contributed by atoms with Gasteiger partial charge in [-0.15, -0.1) is 0 Å². The molecule has 1 atom stereocenters. The lowest BCUT2D eigenvalue weighted by molar-refractivity contribution is -0.108. The number of unbranched alkanes of at least 4 members (excludes halogenated alkanes) is 6. The van der Waals surface area contributed by atoms with Gasteiger partial charge < -0.3 is 46.2 Å². The molecular formula is C56H78ClN11O2. The van der Waals surface area contributed by atoms with Gasteiger partial charge in [0.05, 0.1) is 39.7 Å². The minimum Gasteiger partial charge on any atom is -0.390 e. The highest BCUT2D eigenvalue weighted by atomic mass is 35.5. The van der Waals surface area contributed by atoms with Crippen LogP contribution in [-0.2, 0) is 11.8 Å². The molecule has 14 heteroatoms. The highest BCUT2D eigenvalue weighted by Gasteiger charge is 2.32. The van der Waals surface area contributed by atoms with E-state index in [0.29, 0.717) is 24.3 Å². The van der Waals surface area contributed by atoms with Crippen molar-refractivity contribution in [1.29, 1.82) is 0 Å². The highest BCUT2D eigenvalue weighted by Crippen LogP contribution is 2.40. The SMILES string of the molecule is C=Nc1cc(-c2ccc3c(ccn3C)c2)c(Cl)cc1Nc1ccc(C)c(C(=C)NCCCCCCCCCNCNCC2(C)C=CC(/C(=C(/CCC3(O)CCN(C)CC3)N=CNC=O)N(C)N)=CC2)c1. The van der Waals surface area contributed by atoms with Crippen LogP contribution in [0.1, 0.15) is 95.1 Å². The fraction of sp³-hybridized carbons (Fsp3) is 0.446. The fourth-order valence-electron chi connectivity index (χ4n) is 9.44. The third-order valence-corrected chi connectivity index (χ3v) is 14.2. The number of likely N-dealkylation sites (tertiary alicyclic amines) is 1. The number of hydrazine groups is 1. The lowest BCUT2D eigenvalue weighted by Crippen LogP contribution is -2.42. The van der Waals surface area contributed by atoms with E-state index in [2.05, 4.69) is 147 Å². The first-order valence-electron chi connectivity index (χ1n) is 25.0. The number of amides is 1. The molecule has 6 rings (SSSR count). The molecule has 2 heterocycles. The molecule has 2 aliphatic rings. The van der Waals surface area contributed by atoms with Gasteiger partial charge in [0.1, 0.15) is 0 Å². The van der Waals surface area contributed by atoms with Crippen molar-refractivity contribution in [2.24, 2.45) is 28.3 Å². The number of rotatable bonds is 28. The van der Waals surface area contributed by atoms with E-state index >= 15 is 0 Å². The molecule has 4 aromatic rings. The molecule has 0 spiro atoms. The summed E-state index contributed by atoms with van der Waals surface area (Å²) in [5.41, 5.74) is 10.5. The van der Waals surface area contributed by atoms with Gasteiger partial charge in [-0.1, -0.05) is 87.6 Å². The van der Waals surface area contributed by atoms with Crippen molar-refractivity contribution >= 4 is 64.7 Å². The lowest BCUT2D eigenvalue weighted by atomic mass is 9.81. The van der Waals surface area contributed by atoms with Crippen molar-refractivity contribution in [2.75, 3.05) is 58.8 Å². The summed E-state index contributed by atoms with van der Waals surface area (Å²) in [7, 11) is 5.94. The number of likely N-dealkylation sites (N-methyl/N-ethyl adjacent to an activating group) is 1. The van der Waals surface area contributed by atoms with E-state index in [4.69, 9.17) is 17.4 Å². The van der Waals surface area contributed by atoms with Crippen molar-refractivity contribution in [3.63, 3.8) is 0 Å². The van der Waals surface area contributed by atoms with Crippen LogP contribution in [0.15, 0.2) is 113 Å². The van der Waals surface area contributed by atoms with Gasteiger partial charge in [-0.2, -0.15) is 0 Å². The molecule has 1 amide bonds. The third kappa shape index (κ3) is 15.2. The Morgan fingerprint density at radius 1 is 0.986 bits per heavy atom. The second-order valence-corrected chi connectivity index (χ2v) is 20.1. The Kier molecular flexibility index (Phi) is 20.0. The van der Waals surface area contributed by atoms with Gasteiger partial charge in [-0.05, 0) is 131 Å². The first-order valence-corrected chi connectivity index (χ1v) is 25.4. The first kappa shape index (κ1) is 53.8. The van der Waals surface area contributed by atoms with Gasteiger partial charge in [0, 0.05) is 92.0 Å². The topological polar surface area (TPSA) is 160 Å². The van der Waals surface area contributed by atoms with Crippen LogP contribution in [0, 0.1) is 12.3 Å². The van der Waals surface area contributed by atoms with E-state index in [-0.39, 0.29) is 5.41 Å². The number of aryl methyl sites for hydroxylation is 2. The fourth-order valence-corrected chi connectivity index (χ4v) is 9.71. The molecule has 1 aliphatic heterocycles. The summed E-state index contributed by atoms with van der Waals surface area (Å²) in [6, 6.07) is 18.7. The summed E-state index contributed by atoms with van der Waals surface area (Å²) >= 11 is 6.89. The van der Waals surface area contributed by atoms with Crippen LogP contribution < -0.4 is 32.4 Å². The monoisotopic (exact) mass is 972 g/mol. The summed E-state index contributed by atoms with van der Waals surface area (Å²) in [5, 5.41) is 31.5. The molecule has 0 radical (unpaired) electrons. The normalized spacial score (nSPS) is 17.3. The molecule has 1 fully saturated rings. The van der Waals surface area contributed by atoms with E-state index in [1.807, 2.05) is 19.2 Å². The van der Waals surface area contributed by atoms with Crippen LogP contribution in [-0.4, -0.2) is 98.1 Å². The Bertz CT molecular complexity index is 2530. The smallest absolute Gasteiger partial charge is 0.212 e. The van der Waals surface area contributed by atoms with E-state index in [1.54, 1.807) is 12.1 Å². The van der Waals surface area contributed by atoms with Crippen LogP contribution in [0.25, 0.3) is 27.7 Å². The Hall–Kier alpha value is -5.54. The molecule has 70 heavy (non-hydrogen) atoms. The number of carbonyl (C=O) groups excluding carboxylic acids is 1. The van der Waals surface area contributed by atoms with Gasteiger partial charge in [-0.3, -0.25) is 9.79 Å². The van der Waals surface area contributed by atoms with Crippen molar-refractivity contribution in [3.8, 4) is 11.1 Å². The number of carbonyl (C=O) groups is 1. The summed E-state index contributed by atoms with van der Waals surface area (Å²) in [5.74, 6) is 6.40. The Labute approximate surface area is 422 Å². The van der Waals surface area contributed by atoms with Crippen molar-refractivity contribution in [2.45, 2.75) is 96.5 Å². The molecule has 13 nitrogen and oxygen atoms in total. The minimum atomic E-state index is -0.742. The largest absolute Gasteiger partial charge is 0.390 e. The van der Waals surface area contributed by atoms with Gasteiger partial charge >= 0.3 is 0 Å². The molecule has 0 saturated carbocycles. The van der Waals surface area contributed by atoms with Gasteiger partial charge in [0.2, 0.25) is 6.41 Å². The Morgan fingerprint density at radius 3 is 2.43 bits per heavy atom.